The van der Waals surface area contributed by atoms with E-state index in [2.05, 4.69) is 20.3 Å². The van der Waals surface area contributed by atoms with Crippen molar-refractivity contribution >= 4 is 5.95 Å². The van der Waals surface area contributed by atoms with Crippen molar-refractivity contribution in [3.8, 4) is 5.75 Å². The van der Waals surface area contributed by atoms with Crippen LogP contribution in [0.2, 0.25) is 0 Å². The third-order valence-corrected chi connectivity index (χ3v) is 5.74. The molecule has 0 bridgehead atoms. The van der Waals surface area contributed by atoms with Gasteiger partial charge in [-0.2, -0.15) is 23.3 Å². The summed E-state index contributed by atoms with van der Waals surface area (Å²) in [4.78, 5) is 6.29. The van der Waals surface area contributed by atoms with E-state index >= 15 is 0 Å². The Morgan fingerprint density at radius 2 is 2.11 bits per heavy atom. The van der Waals surface area contributed by atoms with E-state index in [9.17, 15) is 13.2 Å². The molecule has 28 heavy (non-hydrogen) atoms. The number of benzene rings is 1. The Morgan fingerprint density at radius 1 is 1.29 bits per heavy atom. The molecule has 3 heterocycles. The average Bonchev–Trinajstić information content (AvgIpc) is 3.15. The molecule has 4 rings (SSSR count). The lowest BCUT2D eigenvalue weighted by molar-refractivity contribution is -0.174. The van der Waals surface area contributed by atoms with Gasteiger partial charge in [0.05, 0.1) is 7.11 Å². The first kappa shape index (κ1) is 19.0. The second-order valence-corrected chi connectivity index (χ2v) is 7.52. The molecule has 0 amide bonds. The first-order valence-corrected chi connectivity index (χ1v) is 9.52. The van der Waals surface area contributed by atoms with Crippen molar-refractivity contribution in [1.29, 1.82) is 0 Å². The topological polar surface area (TPSA) is 55.2 Å². The maximum atomic E-state index is 13.5. The van der Waals surface area contributed by atoms with E-state index in [4.69, 9.17) is 4.74 Å². The summed E-state index contributed by atoms with van der Waals surface area (Å²) in [6.07, 6.45) is -1.32. The molecular formula is C19H24F3N5O. The molecular weight excluding hydrogens is 371 g/mol. The highest BCUT2D eigenvalue weighted by molar-refractivity contribution is 5.33. The third-order valence-electron chi connectivity index (χ3n) is 5.74. The second-order valence-electron chi connectivity index (χ2n) is 7.52. The number of rotatable bonds is 4. The summed E-state index contributed by atoms with van der Waals surface area (Å²) >= 11 is 0. The smallest absolute Gasteiger partial charge is 0.411 e. The molecule has 1 fully saturated rings. The van der Waals surface area contributed by atoms with Gasteiger partial charge < -0.3 is 10.1 Å². The lowest BCUT2D eigenvalue weighted by Gasteiger charge is -2.41. The SMILES string of the molecule is COc1ccccc1CN1CCCC([C@@H]2C[C@H](C(F)(F)F)n3ncnc3N2)C1. The van der Waals surface area contributed by atoms with Crippen LogP contribution in [0, 0.1) is 5.92 Å². The van der Waals surface area contributed by atoms with Gasteiger partial charge in [0.15, 0.2) is 6.04 Å². The fourth-order valence-electron chi connectivity index (χ4n) is 4.37. The van der Waals surface area contributed by atoms with Gasteiger partial charge in [0.1, 0.15) is 12.1 Å². The Morgan fingerprint density at radius 3 is 2.89 bits per heavy atom. The highest BCUT2D eigenvalue weighted by atomic mass is 19.4. The number of nitrogens with zero attached hydrogens (tertiary/aromatic N) is 4. The molecule has 1 aromatic carbocycles. The zero-order valence-electron chi connectivity index (χ0n) is 15.7. The van der Waals surface area contributed by atoms with Crippen LogP contribution in [-0.4, -0.2) is 52.1 Å². The maximum Gasteiger partial charge on any atom is 0.411 e. The van der Waals surface area contributed by atoms with Crippen molar-refractivity contribution in [3.63, 3.8) is 0 Å². The average molecular weight is 395 g/mol. The van der Waals surface area contributed by atoms with Gasteiger partial charge >= 0.3 is 6.18 Å². The monoisotopic (exact) mass is 395 g/mol. The van der Waals surface area contributed by atoms with Crippen molar-refractivity contribution in [2.75, 3.05) is 25.5 Å². The van der Waals surface area contributed by atoms with Crippen molar-refractivity contribution in [2.24, 2.45) is 5.92 Å². The van der Waals surface area contributed by atoms with Crippen LogP contribution in [0.3, 0.4) is 0 Å². The van der Waals surface area contributed by atoms with Crippen LogP contribution in [0.15, 0.2) is 30.6 Å². The van der Waals surface area contributed by atoms with Crippen LogP contribution < -0.4 is 10.1 Å². The zero-order valence-corrected chi connectivity index (χ0v) is 15.7. The van der Waals surface area contributed by atoms with E-state index in [1.807, 2.05) is 24.3 Å². The standard InChI is InChI=1S/C19H24F3N5O/c1-28-16-7-3-2-5-14(16)11-26-8-4-6-13(10-26)15-9-17(19(20,21)22)27-18(25-15)23-12-24-27/h2-3,5,7,12-13,15,17H,4,6,8-11H2,1H3,(H,23,24,25)/t13?,15-,17+/m0/s1. The van der Waals surface area contributed by atoms with Crippen LogP contribution in [0.1, 0.15) is 30.9 Å². The van der Waals surface area contributed by atoms with E-state index in [1.165, 1.54) is 6.33 Å². The lowest BCUT2D eigenvalue weighted by atomic mass is 9.86. The van der Waals surface area contributed by atoms with Crippen molar-refractivity contribution in [2.45, 2.75) is 44.1 Å². The van der Waals surface area contributed by atoms with Crippen LogP contribution in [-0.2, 0) is 6.54 Å². The number of hydrogen-bond acceptors (Lipinski definition) is 5. The van der Waals surface area contributed by atoms with Crippen LogP contribution in [0.25, 0.3) is 0 Å². The summed E-state index contributed by atoms with van der Waals surface area (Å²) in [7, 11) is 1.65. The largest absolute Gasteiger partial charge is 0.496 e. The first-order valence-electron chi connectivity index (χ1n) is 9.52. The van der Waals surface area contributed by atoms with Gasteiger partial charge in [-0.3, -0.25) is 4.90 Å². The third kappa shape index (κ3) is 3.80. The predicted molar refractivity (Wildman–Crippen MR) is 98.1 cm³/mol. The minimum atomic E-state index is -4.34. The number of alkyl halides is 3. The zero-order chi connectivity index (χ0) is 19.7. The fraction of sp³-hybridized carbons (Fsp3) is 0.579. The molecule has 3 atom stereocenters. The highest BCUT2D eigenvalue weighted by Crippen LogP contribution is 2.41. The van der Waals surface area contributed by atoms with Gasteiger partial charge in [0, 0.05) is 24.7 Å². The van der Waals surface area contributed by atoms with Crippen LogP contribution in [0.5, 0.6) is 5.75 Å². The summed E-state index contributed by atoms with van der Waals surface area (Å²) in [6, 6.07) is 5.97. The van der Waals surface area contributed by atoms with Gasteiger partial charge in [-0.15, -0.1) is 0 Å². The van der Waals surface area contributed by atoms with Gasteiger partial charge in [-0.25, -0.2) is 4.68 Å². The van der Waals surface area contributed by atoms with Crippen molar-refractivity contribution < 1.29 is 17.9 Å². The highest BCUT2D eigenvalue weighted by Gasteiger charge is 2.48. The molecule has 0 saturated carbocycles. The molecule has 1 unspecified atom stereocenters. The van der Waals surface area contributed by atoms with Gasteiger partial charge in [-0.1, -0.05) is 18.2 Å². The fourth-order valence-corrected chi connectivity index (χ4v) is 4.37. The number of halogens is 3. The van der Waals surface area contributed by atoms with Gasteiger partial charge in [-0.05, 0) is 37.8 Å². The summed E-state index contributed by atoms with van der Waals surface area (Å²) in [5, 5.41) is 6.97. The minimum absolute atomic E-state index is 0.0208. The van der Waals surface area contributed by atoms with Gasteiger partial charge in [0.25, 0.3) is 0 Å². The van der Waals surface area contributed by atoms with Gasteiger partial charge in [0.2, 0.25) is 5.95 Å². The van der Waals surface area contributed by atoms with Crippen LogP contribution in [0.4, 0.5) is 19.1 Å². The number of para-hydroxylation sites is 1. The van der Waals surface area contributed by atoms with E-state index < -0.39 is 12.2 Å². The number of fused-ring (bicyclic) bond motifs is 1. The summed E-state index contributed by atoms with van der Waals surface area (Å²) < 4.78 is 47.0. The number of piperidine rings is 1. The molecule has 2 aliphatic heterocycles. The molecule has 2 aromatic rings. The predicted octanol–water partition coefficient (Wildman–Crippen LogP) is 3.49. The second kappa shape index (κ2) is 7.62. The molecule has 9 heteroatoms. The summed E-state index contributed by atoms with van der Waals surface area (Å²) in [6.45, 7) is 2.40. The molecule has 0 spiro atoms. The number of aromatic nitrogens is 3. The number of methoxy groups -OCH3 is 1. The Bertz CT molecular complexity index is 809. The summed E-state index contributed by atoms with van der Waals surface area (Å²) in [5.41, 5.74) is 1.09. The molecule has 1 saturated heterocycles. The molecule has 0 radical (unpaired) electrons. The van der Waals surface area contributed by atoms with Crippen molar-refractivity contribution in [1.82, 2.24) is 19.7 Å². The maximum absolute atomic E-state index is 13.5. The molecule has 2 aliphatic rings. The van der Waals surface area contributed by atoms with E-state index in [0.717, 1.165) is 48.5 Å². The normalized spacial score (nSPS) is 25.8. The Balaban J connectivity index is 1.48. The molecule has 0 aliphatic carbocycles. The quantitative estimate of drug-likeness (QED) is 0.859. The number of ether oxygens (including phenoxy) is 1. The number of likely N-dealkylation sites (tertiary alicyclic amines) is 1. The Labute approximate surface area is 161 Å². The lowest BCUT2D eigenvalue weighted by Crippen LogP contribution is -2.47. The summed E-state index contributed by atoms with van der Waals surface area (Å²) in [5.74, 6) is 1.17. The molecule has 1 aromatic heterocycles. The number of hydrogen-bond donors (Lipinski definition) is 1. The van der Waals surface area contributed by atoms with E-state index in [-0.39, 0.29) is 24.3 Å². The molecule has 6 nitrogen and oxygen atoms in total. The van der Waals surface area contributed by atoms with E-state index in [0.29, 0.717) is 0 Å². The number of anilines is 1. The first-order chi connectivity index (χ1) is 13.5. The van der Waals surface area contributed by atoms with Crippen LogP contribution >= 0.6 is 0 Å². The molecule has 1 N–H and O–H groups in total. The molecule has 152 valence electrons. The van der Waals surface area contributed by atoms with Crippen molar-refractivity contribution in [3.05, 3.63) is 36.2 Å². The Kier molecular flexibility index (Phi) is 5.18. The Hall–Kier alpha value is -2.29. The number of nitrogens with one attached hydrogen (secondary N) is 1. The minimum Gasteiger partial charge on any atom is -0.496 e. The van der Waals surface area contributed by atoms with E-state index in [1.54, 1.807) is 7.11 Å².